The maximum atomic E-state index is 12.2. The van der Waals surface area contributed by atoms with Gasteiger partial charge in [0.2, 0.25) is 0 Å². The highest BCUT2D eigenvalue weighted by Gasteiger charge is 2.29. The molecule has 1 aliphatic rings. The average Bonchev–Trinajstić information content (AvgIpc) is 2.95. The Labute approximate surface area is 143 Å². The molecule has 0 spiro atoms. The number of fused-ring (bicyclic) bond motifs is 1. The summed E-state index contributed by atoms with van der Waals surface area (Å²) in [5, 5.41) is 4.69. The largest absolute Gasteiger partial charge is 0.444 e. The van der Waals surface area contributed by atoms with Crippen LogP contribution in [0.2, 0.25) is 0 Å². The number of pyridine rings is 1. The number of nitrogens with zero attached hydrogens (tertiary/aromatic N) is 2. The van der Waals surface area contributed by atoms with E-state index in [1.165, 1.54) is 0 Å². The first-order valence-corrected chi connectivity index (χ1v) is 8.42. The van der Waals surface area contributed by atoms with Crippen molar-refractivity contribution in [2.45, 2.75) is 45.8 Å². The molecule has 0 saturated carbocycles. The second kappa shape index (κ2) is 6.30. The molecule has 1 aromatic carbocycles. The Morgan fingerprint density at radius 3 is 2.88 bits per heavy atom. The minimum atomic E-state index is -0.457. The molecule has 2 heterocycles. The molecule has 1 atom stereocenters. The SMILES string of the molecule is Cc1cccc2c(NC3CCN(C(=O)OC(C)(C)C)C3)ccnc12. The Hall–Kier alpha value is -2.30. The number of hydrogen-bond donors (Lipinski definition) is 1. The first-order chi connectivity index (χ1) is 11.3. The van der Waals surface area contributed by atoms with Crippen molar-refractivity contribution in [3.05, 3.63) is 36.0 Å². The topological polar surface area (TPSA) is 54.5 Å². The van der Waals surface area contributed by atoms with Crippen molar-refractivity contribution in [2.75, 3.05) is 18.4 Å². The van der Waals surface area contributed by atoms with Gasteiger partial charge in [-0.15, -0.1) is 0 Å². The van der Waals surface area contributed by atoms with Gasteiger partial charge in [-0.2, -0.15) is 0 Å². The molecule has 0 bridgehead atoms. The maximum Gasteiger partial charge on any atom is 0.410 e. The van der Waals surface area contributed by atoms with Gasteiger partial charge in [-0.3, -0.25) is 4.98 Å². The number of aromatic nitrogens is 1. The predicted octanol–water partition coefficient (Wildman–Crippen LogP) is 3.96. The zero-order chi connectivity index (χ0) is 17.3. The summed E-state index contributed by atoms with van der Waals surface area (Å²) in [6, 6.07) is 8.42. The molecule has 1 amide bonds. The molecule has 3 rings (SSSR count). The van der Waals surface area contributed by atoms with Crippen LogP contribution in [-0.2, 0) is 4.74 Å². The lowest BCUT2D eigenvalue weighted by atomic mass is 10.1. The Bertz CT molecular complexity index is 752. The standard InChI is InChI=1S/C19H25N3O2/c1-13-6-5-7-15-16(8-10-20-17(13)15)21-14-9-11-22(12-14)18(23)24-19(2,3)4/h5-8,10,14H,9,11-12H2,1-4H3,(H,20,21). The summed E-state index contributed by atoms with van der Waals surface area (Å²) in [7, 11) is 0. The Kier molecular flexibility index (Phi) is 4.35. The molecular formula is C19H25N3O2. The van der Waals surface area contributed by atoms with Crippen LogP contribution in [0.25, 0.3) is 10.9 Å². The van der Waals surface area contributed by atoms with E-state index in [1.807, 2.05) is 39.1 Å². The molecule has 24 heavy (non-hydrogen) atoms. The van der Waals surface area contributed by atoms with Gasteiger partial charge in [-0.05, 0) is 45.7 Å². The molecule has 128 valence electrons. The molecule has 1 unspecified atom stereocenters. The van der Waals surface area contributed by atoms with Crippen LogP contribution in [0.3, 0.4) is 0 Å². The molecule has 1 aromatic heterocycles. The number of carbonyl (C=O) groups excluding carboxylic acids is 1. The van der Waals surface area contributed by atoms with Crippen molar-refractivity contribution in [1.82, 2.24) is 9.88 Å². The number of benzene rings is 1. The molecule has 1 N–H and O–H groups in total. The normalized spacial score (nSPS) is 18.0. The number of ether oxygens (including phenoxy) is 1. The number of likely N-dealkylation sites (tertiary alicyclic amines) is 1. The highest BCUT2D eigenvalue weighted by Crippen LogP contribution is 2.26. The van der Waals surface area contributed by atoms with E-state index in [0.717, 1.165) is 28.6 Å². The highest BCUT2D eigenvalue weighted by atomic mass is 16.6. The zero-order valence-electron chi connectivity index (χ0n) is 14.8. The number of carbonyl (C=O) groups is 1. The molecule has 0 radical (unpaired) electrons. The van der Waals surface area contributed by atoms with Gasteiger partial charge in [-0.25, -0.2) is 4.79 Å². The van der Waals surface area contributed by atoms with E-state index in [4.69, 9.17) is 4.74 Å². The molecule has 1 aliphatic heterocycles. The lowest BCUT2D eigenvalue weighted by Crippen LogP contribution is -2.36. The van der Waals surface area contributed by atoms with Crippen molar-refractivity contribution in [1.29, 1.82) is 0 Å². The molecule has 1 saturated heterocycles. The second-order valence-corrected chi connectivity index (χ2v) is 7.39. The predicted molar refractivity (Wildman–Crippen MR) is 96.3 cm³/mol. The van der Waals surface area contributed by atoms with Crippen molar-refractivity contribution < 1.29 is 9.53 Å². The minimum Gasteiger partial charge on any atom is -0.444 e. The van der Waals surface area contributed by atoms with Gasteiger partial charge in [0.1, 0.15) is 5.60 Å². The van der Waals surface area contributed by atoms with Crippen LogP contribution in [-0.4, -0.2) is 40.7 Å². The van der Waals surface area contributed by atoms with Crippen molar-refractivity contribution in [2.24, 2.45) is 0 Å². The monoisotopic (exact) mass is 327 g/mol. The van der Waals surface area contributed by atoms with Crippen LogP contribution in [0.5, 0.6) is 0 Å². The number of aryl methyl sites for hydroxylation is 1. The van der Waals surface area contributed by atoms with Crippen LogP contribution >= 0.6 is 0 Å². The third-order valence-corrected chi connectivity index (χ3v) is 4.17. The van der Waals surface area contributed by atoms with Gasteiger partial charge in [0.05, 0.1) is 5.52 Å². The van der Waals surface area contributed by atoms with E-state index in [2.05, 4.69) is 29.4 Å². The first kappa shape index (κ1) is 16.6. The van der Waals surface area contributed by atoms with Gasteiger partial charge >= 0.3 is 6.09 Å². The summed E-state index contributed by atoms with van der Waals surface area (Å²) >= 11 is 0. The second-order valence-electron chi connectivity index (χ2n) is 7.39. The van der Waals surface area contributed by atoms with E-state index in [1.54, 1.807) is 4.90 Å². The number of amides is 1. The van der Waals surface area contributed by atoms with Crippen LogP contribution in [0.1, 0.15) is 32.8 Å². The van der Waals surface area contributed by atoms with Crippen molar-refractivity contribution in [3.8, 4) is 0 Å². The quantitative estimate of drug-likeness (QED) is 0.907. The zero-order valence-corrected chi connectivity index (χ0v) is 14.8. The van der Waals surface area contributed by atoms with Gasteiger partial charge in [0, 0.05) is 36.4 Å². The fourth-order valence-corrected chi connectivity index (χ4v) is 3.04. The van der Waals surface area contributed by atoms with E-state index in [0.29, 0.717) is 13.1 Å². The van der Waals surface area contributed by atoms with Crippen molar-refractivity contribution in [3.63, 3.8) is 0 Å². The minimum absolute atomic E-state index is 0.226. The maximum absolute atomic E-state index is 12.2. The van der Waals surface area contributed by atoms with Gasteiger partial charge in [-0.1, -0.05) is 18.2 Å². The summed E-state index contributed by atoms with van der Waals surface area (Å²) in [5.41, 5.74) is 2.80. The Morgan fingerprint density at radius 2 is 2.12 bits per heavy atom. The summed E-state index contributed by atoms with van der Waals surface area (Å²) < 4.78 is 5.46. The highest BCUT2D eigenvalue weighted by molar-refractivity contribution is 5.93. The van der Waals surface area contributed by atoms with Crippen LogP contribution < -0.4 is 5.32 Å². The number of anilines is 1. The number of hydrogen-bond acceptors (Lipinski definition) is 4. The lowest BCUT2D eigenvalue weighted by Gasteiger charge is -2.24. The van der Waals surface area contributed by atoms with Gasteiger partial charge in [0.15, 0.2) is 0 Å². The summed E-state index contributed by atoms with van der Waals surface area (Å²) in [6.07, 6.45) is 2.51. The lowest BCUT2D eigenvalue weighted by molar-refractivity contribution is 0.0293. The Morgan fingerprint density at radius 1 is 1.33 bits per heavy atom. The fourth-order valence-electron chi connectivity index (χ4n) is 3.04. The summed E-state index contributed by atoms with van der Waals surface area (Å²) in [6.45, 7) is 9.12. The smallest absolute Gasteiger partial charge is 0.410 e. The van der Waals surface area contributed by atoms with Crippen LogP contribution in [0.4, 0.5) is 10.5 Å². The first-order valence-electron chi connectivity index (χ1n) is 8.42. The van der Waals surface area contributed by atoms with Gasteiger partial charge < -0.3 is 15.0 Å². The number of para-hydroxylation sites is 1. The van der Waals surface area contributed by atoms with E-state index in [9.17, 15) is 4.79 Å². The number of nitrogens with one attached hydrogen (secondary N) is 1. The third kappa shape index (κ3) is 3.61. The summed E-state index contributed by atoms with van der Waals surface area (Å²) in [4.78, 5) is 18.4. The Balaban J connectivity index is 1.70. The van der Waals surface area contributed by atoms with E-state index in [-0.39, 0.29) is 12.1 Å². The van der Waals surface area contributed by atoms with Crippen molar-refractivity contribution >= 4 is 22.7 Å². The van der Waals surface area contributed by atoms with Gasteiger partial charge in [0.25, 0.3) is 0 Å². The van der Waals surface area contributed by atoms with Crippen LogP contribution in [0.15, 0.2) is 30.5 Å². The molecule has 1 fully saturated rings. The molecule has 5 nitrogen and oxygen atoms in total. The molecule has 5 heteroatoms. The number of rotatable bonds is 2. The van der Waals surface area contributed by atoms with Crippen LogP contribution in [0, 0.1) is 6.92 Å². The molecule has 0 aliphatic carbocycles. The third-order valence-electron chi connectivity index (χ3n) is 4.17. The average molecular weight is 327 g/mol. The summed E-state index contributed by atoms with van der Waals surface area (Å²) in [5.74, 6) is 0. The van der Waals surface area contributed by atoms with E-state index >= 15 is 0 Å². The fraction of sp³-hybridized carbons (Fsp3) is 0.474. The molecular weight excluding hydrogens is 302 g/mol. The molecule has 2 aromatic rings. The van der Waals surface area contributed by atoms with E-state index < -0.39 is 5.60 Å².